The fourth-order valence-corrected chi connectivity index (χ4v) is 5.17. The van der Waals surface area contributed by atoms with E-state index in [0.29, 0.717) is 61.6 Å². The first-order chi connectivity index (χ1) is 15.8. The van der Waals surface area contributed by atoms with Crippen LogP contribution in [0.1, 0.15) is 43.2 Å². The molecule has 2 aromatic carbocycles. The van der Waals surface area contributed by atoms with Crippen molar-refractivity contribution in [1.29, 1.82) is 0 Å². The van der Waals surface area contributed by atoms with E-state index in [4.69, 9.17) is 44.3 Å². The molecule has 4 rings (SSSR count). The summed E-state index contributed by atoms with van der Waals surface area (Å²) < 4.78 is 11.0. The lowest BCUT2D eigenvalue weighted by atomic mass is 9.75. The predicted octanol–water partition coefficient (Wildman–Crippen LogP) is 6.37. The smallest absolute Gasteiger partial charge is 0.337 e. The maximum Gasteiger partial charge on any atom is 0.337 e. The van der Waals surface area contributed by atoms with E-state index in [0.717, 1.165) is 12.1 Å². The lowest BCUT2D eigenvalue weighted by molar-refractivity contribution is -0.140. The highest BCUT2D eigenvalue weighted by Crippen LogP contribution is 2.46. The lowest BCUT2D eigenvalue weighted by Crippen LogP contribution is -2.34. The number of ether oxygens (including phenoxy) is 2. The van der Waals surface area contributed by atoms with Crippen LogP contribution in [0.3, 0.4) is 0 Å². The van der Waals surface area contributed by atoms with Crippen molar-refractivity contribution in [3.63, 3.8) is 0 Å². The lowest BCUT2D eigenvalue weighted by Gasteiger charge is -2.34. The van der Waals surface area contributed by atoms with Gasteiger partial charge in [-0.1, -0.05) is 46.9 Å². The number of halogens is 3. The molecule has 0 fully saturated rings. The summed E-state index contributed by atoms with van der Waals surface area (Å²) in [6.07, 6.45) is 1.86. The normalized spacial score (nSPS) is 18.1. The number of ketones is 1. The van der Waals surface area contributed by atoms with E-state index in [1.54, 1.807) is 43.3 Å². The van der Waals surface area contributed by atoms with E-state index < -0.39 is 11.9 Å². The number of allylic oxidation sites excluding steroid dienone is 3. The van der Waals surface area contributed by atoms with E-state index in [1.807, 2.05) is 0 Å². The fourth-order valence-electron chi connectivity index (χ4n) is 4.39. The van der Waals surface area contributed by atoms with Gasteiger partial charge in [0.15, 0.2) is 5.78 Å². The Balaban J connectivity index is 1.74. The van der Waals surface area contributed by atoms with Gasteiger partial charge in [0.05, 0.1) is 18.6 Å². The van der Waals surface area contributed by atoms with Gasteiger partial charge in [-0.15, -0.1) is 0 Å². The molecular weight excluding hydrogens is 485 g/mol. The van der Waals surface area contributed by atoms with Gasteiger partial charge in [0.25, 0.3) is 0 Å². The molecule has 0 saturated heterocycles. The number of nitrogens with one attached hydrogen (secondary N) is 1. The van der Waals surface area contributed by atoms with Crippen molar-refractivity contribution < 1.29 is 19.1 Å². The van der Waals surface area contributed by atoms with Gasteiger partial charge in [0.1, 0.15) is 12.4 Å². The maximum atomic E-state index is 13.4. The first-order valence-electron chi connectivity index (χ1n) is 10.5. The third-order valence-electron chi connectivity index (χ3n) is 5.89. The number of carbonyl (C=O) groups excluding carboxylic acids is 2. The third kappa shape index (κ3) is 4.63. The zero-order chi connectivity index (χ0) is 23.7. The quantitative estimate of drug-likeness (QED) is 0.478. The van der Waals surface area contributed by atoms with Crippen LogP contribution < -0.4 is 10.1 Å². The van der Waals surface area contributed by atoms with Gasteiger partial charge in [-0.2, -0.15) is 0 Å². The first kappa shape index (κ1) is 23.7. The molecule has 0 aromatic heterocycles. The highest BCUT2D eigenvalue weighted by Gasteiger charge is 2.40. The SMILES string of the molecule is COc1cc(Cl)ccc1COC(=O)C1=C(C)NC2=C(C(=O)CCC2)C1c1c(Cl)cccc1Cl. The van der Waals surface area contributed by atoms with Crippen LogP contribution in [0.5, 0.6) is 5.75 Å². The highest BCUT2D eigenvalue weighted by atomic mass is 35.5. The molecular formula is C25H22Cl3NO4. The average molecular weight is 507 g/mol. The molecule has 1 unspecified atom stereocenters. The number of dihydropyridines is 1. The summed E-state index contributed by atoms with van der Waals surface area (Å²) in [6.45, 7) is 1.76. The number of methoxy groups -OCH3 is 1. The summed E-state index contributed by atoms with van der Waals surface area (Å²) in [6, 6.07) is 10.2. The van der Waals surface area contributed by atoms with Gasteiger partial charge >= 0.3 is 5.97 Å². The third-order valence-corrected chi connectivity index (χ3v) is 6.79. The summed E-state index contributed by atoms with van der Waals surface area (Å²) >= 11 is 19.1. The van der Waals surface area contributed by atoms with E-state index in [2.05, 4.69) is 5.32 Å². The van der Waals surface area contributed by atoms with Crippen molar-refractivity contribution in [3.05, 3.63) is 85.1 Å². The second-order valence-corrected chi connectivity index (χ2v) is 9.18. The van der Waals surface area contributed by atoms with Gasteiger partial charge in [0, 0.05) is 49.6 Å². The molecule has 1 atom stereocenters. The predicted molar refractivity (Wildman–Crippen MR) is 129 cm³/mol. The van der Waals surface area contributed by atoms with E-state index >= 15 is 0 Å². The number of hydrogen-bond acceptors (Lipinski definition) is 5. The van der Waals surface area contributed by atoms with Crippen molar-refractivity contribution in [2.75, 3.05) is 7.11 Å². The molecule has 172 valence electrons. The molecule has 0 amide bonds. The van der Waals surface area contributed by atoms with E-state index in [9.17, 15) is 9.59 Å². The van der Waals surface area contributed by atoms with Crippen molar-refractivity contribution >= 4 is 46.6 Å². The summed E-state index contributed by atoms with van der Waals surface area (Å²) in [5, 5.41) is 4.54. The van der Waals surface area contributed by atoms with E-state index in [1.165, 1.54) is 7.11 Å². The Morgan fingerprint density at radius 2 is 1.85 bits per heavy atom. The average Bonchev–Trinajstić information content (AvgIpc) is 2.77. The number of benzene rings is 2. The van der Waals surface area contributed by atoms with Gasteiger partial charge in [-0.3, -0.25) is 4.79 Å². The Morgan fingerprint density at radius 3 is 2.55 bits per heavy atom. The second-order valence-electron chi connectivity index (χ2n) is 7.93. The van der Waals surface area contributed by atoms with Crippen LogP contribution >= 0.6 is 34.8 Å². The summed E-state index contributed by atoms with van der Waals surface area (Å²) in [4.78, 5) is 26.4. The Bertz CT molecular complexity index is 1180. The molecule has 1 heterocycles. The Hall–Kier alpha value is -2.47. The second kappa shape index (κ2) is 9.80. The van der Waals surface area contributed by atoms with E-state index in [-0.39, 0.29) is 12.4 Å². The minimum Gasteiger partial charge on any atom is -0.496 e. The van der Waals surface area contributed by atoms with Crippen LogP contribution in [0.15, 0.2) is 58.9 Å². The molecule has 1 aliphatic heterocycles. The van der Waals surface area contributed by atoms with Crippen LogP contribution in [-0.2, 0) is 20.9 Å². The number of esters is 1. The number of hydrogen-bond donors (Lipinski definition) is 1. The van der Waals surface area contributed by atoms with Crippen LogP contribution in [-0.4, -0.2) is 18.9 Å². The van der Waals surface area contributed by atoms with Gasteiger partial charge in [-0.05, 0) is 44.0 Å². The molecule has 0 radical (unpaired) electrons. The van der Waals surface area contributed by atoms with Gasteiger partial charge in [0.2, 0.25) is 0 Å². The highest BCUT2D eigenvalue weighted by molar-refractivity contribution is 6.36. The molecule has 2 aromatic rings. The Kier molecular flexibility index (Phi) is 7.03. The molecule has 0 saturated carbocycles. The van der Waals surface area contributed by atoms with Crippen molar-refractivity contribution in [2.45, 2.75) is 38.7 Å². The van der Waals surface area contributed by atoms with Crippen molar-refractivity contribution in [1.82, 2.24) is 5.32 Å². The molecule has 1 N–H and O–H groups in total. The number of carbonyl (C=O) groups is 2. The minimum atomic E-state index is -0.713. The zero-order valence-corrected chi connectivity index (χ0v) is 20.4. The minimum absolute atomic E-state index is 0.0260. The molecule has 33 heavy (non-hydrogen) atoms. The monoisotopic (exact) mass is 505 g/mol. The van der Waals surface area contributed by atoms with Crippen molar-refractivity contribution in [2.24, 2.45) is 0 Å². The molecule has 5 nitrogen and oxygen atoms in total. The van der Waals surface area contributed by atoms with Crippen LogP contribution in [0.4, 0.5) is 0 Å². The topological polar surface area (TPSA) is 64.6 Å². The van der Waals surface area contributed by atoms with Crippen LogP contribution in [0.2, 0.25) is 15.1 Å². The maximum absolute atomic E-state index is 13.4. The molecule has 0 spiro atoms. The zero-order valence-electron chi connectivity index (χ0n) is 18.1. The number of rotatable bonds is 5. The van der Waals surface area contributed by atoms with Crippen molar-refractivity contribution in [3.8, 4) is 5.75 Å². The van der Waals surface area contributed by atoms with Gasteiger partial charge in [-0.25, -0.2) is 4.79 Å². The Morgan fingerprint density at radius 1 is 1.12 bits per heavy atom. The summed E-state index contributed by atoms with van der Waals surface area (Å²) in [5.41, 5.74) is 3.45. The standard InChI is InChI=1S/C25H22Cl3NO4/c1-13-21(25(31)33-12-14-9-10-15(26)11-20(14)32-2)24(22-16(27)5-3-6-17(22)28)23-18(29-13)7-4-8-19(23)30/h3,5-6,9-11,24,29H,4,7-8,12H2,1-2H3. The summed E-state index contributed by atoms with van der Waals surface area (Å²) in [7, 11) is 1.52. The largest absolute Gasteiger partial charge is 0.496 e. The van der Waals surface area contributed by atoms with Crippen LogP contribution in [0, 0.1) is 0 Å². The summed E-state index contributed by atoms with van der Waals surface area (Å²) in [5.74, 6) is -0.791. The first-order valence-corrected chi connectivity index (χ1v) is 11.6. The Labute approximate surface area is 207 Å². The molecule has 2 aliphatic rings. The number of Topliss-reactive ketones (excluding diaryl/α,β-unsaturated/α-hetero) is 1. The molecule has 0 bridgehead atoms. The van der Waals surface area contributed by atoms with Crippen LogP contribution in [0.25, 0.3) is 0 Å². The fraction of sp³-hybridized carbons (Fsp3) is 0.280. The van der Waals surface area contributed by atoms with Gasteiger partial charge < -0.3 is 14.8 Å². The molecule has 8 heteroatoms. The molecule has 1 aliphatic carbocycles.